The van der Waals surface area contributed by atoms with Gasteiger partial charge in [0, 0.05) is 31.9 Å². The number of amides is 1. The predicted octanol–water partition coefficient (Wildman–Crippen LogP) is 1.44. The summed E-state index contributed by atoms with van der Waals surface area (Å²) in [6, 6.07) is 6.53. The van der Waals surface area contributed by atoms with Crippen LogP contribution in [0.15, 0.2) is 24.3 Å². The van der Waals surface area contributed by atoms with Gasteiger partial charge in [0.25, 0.3) is 5.91 Å². The fourth-order valence-electron chi connectivity index (χ4n) is 2.33. The van der Waals surface area contributed by atoms with Crippen molar-refractivity contribution in [1.82, 2.24) is 4.90 Å². The highest BCUT2D eigenvalue weighted by molar-refractivity contribution is 5.97. The summed E-state index contributed by atoms with van der Waals surface area (Å²) >= 11 is 0. The minimum Gasteiger partial charge on any atom is -0.480 e. The van der Waals surface area contributed by atoms with Gasteiger partial charge < -0.3 is 14.9 Å². The summed E-state index contributed by atoms with van der Waals surface area (Å²) in [4.78, 5) is 26.8. The first-order valence-electron chi connectivity index (χ1n) is 6.32. The molecule has 102 valence electrons. The number of likely N-dealkylation sites (tertiary alicyclic amines) is 1. The lowest BCUT2D eigenvalue weighted by molar-refractivity contribution is -0.141. The Morgan fingerprint density at radius 3 is 2.42 bits per heavy atom. The average molecular weight is 262 g/mol. The first-order chi connectivity index (χ1) is 9.00. The molecule has 19 heavy (non-hydrogen) atoms. The molecule has 1 aromatic carbocycles. The summed E-state index contributed by atoms with van der Waals surface area (Å²) in [7, 11) is 3.86. The van der Waals surface area contributed by atoms with E-state index in [1.807, 2.05) is 31.1 Å². The molecule has 0 aliphatic carbocycles. The van der Waals surface area contributed by atoms with Gasteiger partial charge in [-0.2, -0.15) is 0 Å². The fraction of sp³-hybridized carbons (Fsp3) is 0.429. The second kappa shape index (κ2) is 5.30. The summed E-state index contributed by atoms with van der Waals surface area (Å²) in [6.07, 6.45) is 1.29. The van der Waals surface area contributed by atoms with Gasteiger partial charge in [0.1, 0.15) is 6.04 Å². The number of anilines is 1. The Morgan fingerprint density at radius 2 is 1.89 bits per heavy atom. The van der Waals surface area contributed by atoms with Gasteiger partial charge in [-0.15, -0.1) is 0 Å². The molecule has 1 aliphatic rings. The van der Waals surface area contributed by atoms with Gasteiger partial charge in [-0.25, -0.2) is 4.79 Å². The highest BCUT2D eigenvalue weighted by atomic mass is 16.4. The molecule has 1 aliphatic heterocycles. The van der Waals surface area contributed by atoms with Crippen molar-refractivity contribution in [3.63, 3.8) is 0 Å². The normalized spacial score (nSPS) is 18.4. The Morgan fingerprint density at radius 1 is 1.26 bits per heavy atom. The lowest BCUT2D eigenvalue weighted by Gasteiger charge is -2.21. The summed E-state index contributed by atoms with van der Waals surface area (Å²) in [6.45, 7) is 0.519. The van der Waals surface area contributed by atoms with Crippen molar-refractivity contribution in [3.8, 4) is 0 Å². The highest BCUT2D eigenvalue weighted by Crippen LogP contribution is 2.21. The molecular weight excluding hydrogens is 244 g/mol. The van der Waals surface area contributed by atoms with Crippen LogP contribution in [0.3, 0.4) is 0 Å². The summed E-state index contributed by atoms with van der Waals surface area (Å²) in [5.74, 6) is -1.12. The van der Waals surface area contributed by atoms with Crippen LogP contribution in [-0.2, 0) is 4.79 Å². The SMILES string of the molecule is CN(C)c1ccc(C(=O)N2CCCC2C(=O)O)cc1. The zero-order valence-corrected chi connectivity index (χ0v) is 11.2. The topological polar surface area (TPSA) is 60.9 Å². The molecule has 5 heteroatoms. The zero-order chi connectivity index (χ0) is 14.0. The molecule has 0 saturated carbocycles. The third kappa shape index (κ3) is 2.70. The maximum atomic E-state index is 12.3. The van der Waals surface area contributed by atoms with Crippen molar-refractivity contribution in [2.24, 2.45) is 0 Å². The van der Waals surface area contributed by atoms with E-state index >= 15 is 0 Å². The maximum absolute atomic E-state index is 12.3. The van der Waals surface area contributed by atoms with Crippen molar-refractivity contribution in [3.05, 3.63) is 29.8 Å². The standard InChI is InChI=1S/C14H18N2O3/c1-15(2)11-7-5-10(6-8-11)13(17)16-9-3-4-12(16)14(18)19/h5-8,12H,3-4,9H2,1-2H3,(H,18,19). The average Bonchev–Trinajstić information content (AvgIpc) is 2.87. The highest BCUT2D eigenvalue weighted by Gasteiger charge is 2.34. The molecule has 0 bridgehead atoms. The van der Waals surface area contributed by atoms with Crippen LogP contribution in [0.1, 0.15) is 23.2 Å². The quantitative estimate of drug-likeness (QED) is 0.895. The molecule has 5 nitrogen and oxygen atoms in total. The van der Waals surface area contributed by atoms with Crippen LogP contribution >= 0.6 is 0 Å². The molecule has 1 N–H and O–H groups in total. The van der Waals surface area contributed by atoms with E-state index in [9.17, 15) is 9.59 Å². The number of carboxylic acid groups (broad SMARTS) is 1. The first-order valence-corrected chi connectivity index (χ1v) is 6.32. The third-order valence-corrected chi connectivity index (χ3v) is 3.43. The predicted molar refractivity (Wildman–Crippen MR) is 72.5 cm³/mol. The lowest BCUT2D eigenvalue weighted by atomic mass is 10.1. The molecule has 0 radical (unpaired) electrons. The molecule has 1 heterocycles. The smallest absolute Gasteiger partial charge is 0.326 e. The summed E-state index contributed by atoms with van der Waals surface area (Å²) in [5, 5.41) is 9.10. The van der Waals surface area contributed by atoms with E-state index in [1.54, 1.807) is 12.1 Å². The monoisotopic (exact) mass is 262 g/mol. The minimum atomic E-state index is -0.921. The van der Waals surface area contributed by atoms with Gasteiger partial charge in [0.2, 0.25) is 0 Å². The van der Waals surface area contributed by atoms with Crippen molar-refractivity contribution >= 4 is 17.6 Å². The Bertz CT molecular complexity index is 482. The number of hydrogen-bond acceptors (Lipinski definition) is 3. The van der Waals surface area contributed by atoms with Gasteiger partial charge >= 0.3 is 5.97 Å². The number of carbonyl (C=O) groups excluding carboxylic acids is 1. The van der Waals surface area contributed by atoms with Crippen LogP contribution in [0.4, 0.5) is 5.69 Å². The second-order valence-electron chi connectivity index (χ2n) is 4.94. The minimum absolute atomic E-state index is 0.199. The molecule has 1 aromatic rings. The van der Waals surface area contributed by atoms with E-state index in [0.717, 1.165) is 12.1 Å². The van der Waals surface area contributed by atoms with Gasteiger partial charge in [0.15, 0.2) is 0 Å². The number of rotatable bonds is 3. The molecule has 0 spiro atoms. The Kier molecular flexibility index (Phi) is 3.74. The van der Waals surface area contributed by atoms with Crippen LogP contribution in [0.2, 0.25) is 0 Å². The van der Waals surface area contributed by atoms with Crippen LogP contribution in [0, 0.1) is 0 Å². The van der Waals surface area contributed by atoms with Crippen LogP contribution in [0.5, 0.6) is 0 Å². The van der Waals surface area contributed by atoms with Crippen LogP contribution in [-0.4, -0.2) is 48.6 Å². The van der Waals surface area contributed by atoms with Crippen molar-refractivity contribution in [1.29, 1.82) is 0 Å². The van der Waals surface area contributed by atoms with Crippen molar-refractivity contribution in [2.45, 2.75) is 18.9 Å². The van der Waals surface area contributed by atoms with E-state index in [2.05, 4.69) is 0 Å². The maximum Gasteiger partial charge on any atom is 0.326 e. The fourth-order valence-corrected chi connectivity index (χ4v) is 2.33. The molecule has 2 rings (SSSR count). The zero-order valence-electron chi connectivity index (χ0n) is 11.2. The summed E-state index contributed by atoms with van der Waals surface area (Å²) < 4.78 is 0. The van der Waals surface area contributed by atoms with Gasteiger partial charge in [-0.05, 0) is 37.1 Å². The summed E-state index contributed by atoms with van der Waals surface area (Å²) in [5.41, 5.74) is 1.55. The van der Waals surface area contributed by atoms with E-state index in [0.29, 0.717) is 18.5 Å². The number of hydrogen-bond donors (Lipinski definition) is 1. The molecule has 1 atom stereocenters. The molecular formula is C14H18N2O3. The Balaban J connectivity index is 2.17. The Labute approximate surface area is 112 Å². The number of nitrogens with zero attached hydrogens (tertiary/aromatic N) is 2. The first kappa shape index (κ1) is 13.4. The van der Waals surface area contributed by atoms with Crippen molar-refractivity contribution < 1.29 is 14.7 Å². The van der Waals surface area contributed by atoms with E-state index in [-0.39, 0.29) is 5.91 Å². The third-order valence-electron chi connectivity index (χ3n) is 3.43. The molecule has 1 saturated heterocycles. The lowest BCUT2D eigenvalue weighted by Crippen LogP contribution is -2.40. The number of aliphatic carboxylic acids is 1. The number of carboxylic acids is 1. The van der Waals surface area contributed by atoms with E-state index < -0.39 is 12.0 Å². The van der Waals surface area contributed by atoms with Crippen LogP contribution in [0.25, 0.3) is 0 Å². The van der Waals surface area contributed by atoms with E-state index in [4.69, 9.17) is 5.11 Å². The molecule has 0 aromatic heterocycles. The number of carbonyl (C=O) groups is 2. The number of benzene rings is 1. The molecule has 1 unspecified atom stereocenters. The van der Waals surface area contributed by atoms with Crippen molar-refractivity contribution in [2.75, 3.05) is 25.5 Å². The van der Waals surface area contributed by atoms with Crippen LogP contribution < -0.4 is 4.90 Å². The van der Waals surface area contributed by atoms with E-state index in [1.165, 1.54) is 4.90 Å². The van der Waals surface area contributed by atoms with Gasteiger partial charge in [-0.3, -0.25) is 4.79 Å². The van der Waals surface area contributed by atoms with Gasteiger partial charge in [0.05, 0.1) is 0 Å². The molecule has 1 amide bonds. The molecule has 1 fully saturated rings. The Hall–Kier alpha value is -2.04. The van der Waals surface area contributed by atoms with Gasteiger partial charge in [-0.1, -0.05) is 0 Å². The largest absolute Gasteiger partial charge is 0.480 e. The second-order valence-corrected chi connectivity index (χ2v) is 4.94.